The molecule has 1 saturated heterocycles. The van der Waals surface area contributed by atoms with Gasteiger partial charge in [0.1, 0.15) is 23.4 Å². The molecular weight excluding hydrogens is 572 g/mol. The number of hydrogen-bond acceptors (Lipinski definition) is 9. The predicted octanol–water partition coefficient (Wildman–Crippen LogP) is 8.02. The normalized spacial score (nSPS) is 16.4. The van der Waals surface area contributed by atoms with Gasteiger partial charge in [-0.25, -0.2) is 9.97 Å². The molecule has 240 valence electrons. The van der Waals surface area contributed by atoms with E-state index in [-0.39, 0.29) is 28.7 Å². The molecule has 2 unspecified atom stereocenters. The van der Waals surface area contributed by atoms with Gasteiger partial charge in [-0.2, -0.15) is 0 Å². The van der Waals surface area contributed by atoms with Gasteiger partial charge in [0.2, 0.25) is 0 Å². The van der Waals surface area contributed by atoms with Crippen molar-refractivity contribution in [3.05, 3.63) is 41.3 Å². The molecule has 3 aromatic rings. The lowest BCUT2D eigenvalue weighted by atomic mass is 9.86. The Balaban J connectivity index is 1.75. The molecule has 0 bridgehead atoms. The zero-order chi connectivity index (χ0) is 32.4. The van der Waals surface area contributed by atoms with Crippen molar-refractivity contribution in [2.75, 3.05) is 18.5 Å². The van der Waals surface area contributed by atoms with Gasteiger partial charge in [-0.3, -0.25) is 4.79 Å². The van der Waals surface area contributed by atoms with E-state index in [1.165, 1.54) is 0 Å². The highest BCUT2D eigenvalue weighted by molar-refractivity contribution is 6.74. The molecule has 0 spiro atoms. The Morgan fingerprint density at radius 2 is 1.75 bits per heavy atom. The Kier molecular flexibility index (Phi) is 10.1. The Morgan fingerprint density at radius 3 is 2.32 bits per heavy atom. The summed E-state index contributed by atoms with van der Waals surface area (Å²) in [7, 11) is -2.02. The third kappa shape index (κ3) is 7.58. The molecule has 0 amide bonds. The second-order valence-electron chi connectivity index (χ2n) is 14.5. The number of carbonyl (C=O) groups excluding carboxylic acids is 1. The molecule has 1 aliphatic rings. The van der Waals surface area contributed by atoms with Crippen molar-refractivity contribution >= 4 is 20.4 Å². The highest BCUT2D eigenvalue weighted by Gasteiger charge is 2.42. The minimum absolute atomic E-state index is 0.0872. The molecule has 44 heavy (non-hydrogen) atoms. The number of hydrogen-bond donors (Lipinski definition) is 1. The molecule has 9 nitrogen and oxygen atoms in total. The Morgan fingerprint density at radius 1 is 1.07 bits per heavy atom. The number of nitrogens with one attached hydrogen (secondary N) is 1. The van der Waals surface area contributed by atoms with Crippen molar-refractivity contribution in [3.63, 3.8) is 0 Å². The molecule has 4 rings (SSSR count). The molecule has 1 aliphatic heterocycles. The number of carbonyl (C=O) groups is 1. The Bertz CT molecular complexity index is 1430. The average Bonchev–Trinajstić information content (AvgIpc) is 3.27. The summed E-state index contributed by atoms with van der Waals surface area (Å²) in [4.78, 5) is 22.4. The first-order valence-electron chi connectivity index (χ1n) is 15.6. The van der Waals surface area contributed by atoms with E-state index in [0.717, 1.165) is 24.7 Å². The molecule has 0 radical (unpaired) electrons. The molecule has 1 N–H and O–H groups in total. The summed E-state index contributed by atoms with van der Waals surface area (Å²) in [6.07, 6.45) is 2.14. The summed E-state index contributed by atoms with van der Waals surface area (Å²) < 4.78 is 24.5. The topological polar surface area (TPSA) is 109 Å². The highest BCUT2D eigenvalue weighted by atomic mass is 28.4. The maximum Gasteiger partial charge on any atom is 0.192 e. The first-order chi connectivity index (χ1) is 20.5. The van der Waals surface area contributed by atoms with E-state index in [1.54, 1.807) is 0 Å². The lowest BCUT2D eigenvalue weighted by Gasteiger charge is -2.43. The predicted molar refractivity (Wildman–Crippen MR) is 177 cm³/mol. The van der Waals surface area contributed by atoms with E-state index < -0.39 is 8.32 Å². The van der Waals surface area contributed by atoms with Gasteiger partial charge in [0.15, 0.2) is 20.4 Å². The van der Waals surface area contributed by atoms with Gasteiger partial charge in [-0.05, 0) is 63.9 Å². The van der Waals surface area contributed by atoms with E-state index in [9.17, 15) is 4.79 Å². The lowest BCUT2D eigenvalue weighted by Crippen LogP contribution is -2.50. The van der Waals surface area contributed by atoms with Crippen LogP contribution in [0.25, 0.3) is 22.6 Å². The van der Waals surface area contributed by atoms with Crippen LogP contribution < -0.4 is 10.1 Å². The zero-order valence-corrected chi connectivity index (χ0v) is 29.3. The number of nitrogens with zero attached hydrogens (tertiary/aromatic N) is 3. The third-order valence-electron chi connectivity index (χ3n) is 8.82. The lowest BCUT2D eigenvalue weighted by molar-refractivity contribution is -0.0110. The number of benzene rings is 1. The summed E-state index contributed by atoms with van der Waals surface area (Å²) in [5.41, 5.74) is 2.82. The van der Waals surface area contributed by atoms with Crippen LogP contribution in [0.1, 0.15) is 83.1 Å². The van der Waals surface area contributed by atoms with Crippen molar-refractivity contribution in [2.45, 2.75) is 112 Å². The average molecular weight is 623 g/mol. The summed E-state index contributed by atoms with van der Waals surface area (Å²) in [5.74, 6) is 2.26. The van der Waals surface area contributed by atoms with E-state index >= 15 is 0 Å². The third-order valence-corrected chi connectivity index (χ3v) is 13.4. The van der Waals surface area contributed by atoms with E-state index in [1.807, 2.05) is 38.1 Å². The van der Waals surface area contributed by atoms with Crippen LogP contribution in [0.3, 0.4) is 0 Å². The first kappa shape index (κ1) is 33.8. The van der Waals surface area contributed by atoms with Gasteiger partial charge in [0, 0.05) is 30.2 Å². The quantitative estimate of drug-likeness (QED) is 0.178. The summed E-state index contributed by atoms with van der Waals surface area (Å²) in [5, 5.41) is 7.72. The second-order valence-corrected chi connectivity index (χ2v) is 19.3. The Labute approximate surface area is 263 Å². The van der Waals surface area contributed by atoms with Gasteiger partial charge < -0.3 is 23.7 Å². The molecular formula is C34H50N4O5Si. The van der Waals surface area contributed by atoms with Crippen LogP contribution in [-0.4, -0.2) is 61.2 Å². The molecule has 3 heterocycles. The van der Waals surface area contributed by atoms with Crippen LogP contribution in [0, 0.1) is 19.3 Å². The van der Waals surface area contributed by atoms with E-state index in [2.05, 4.69) is 72.0 Å². The molecule has 10 heteroatoms. The smallest absolute Gasteiger partial charge is 0.192 e. The summed E-state index contributed by atoms with van der Waals surface area (Å²) in [6.45, 7) is 24.9. The van der Waals surface area contributed by atoms with Crippen molar-refractivity contribution in [1.29, 1.82) is 0 Å². The SMILES string of the molecule is Cc1noc(C)c1-c1nc(-c2cccc(OC(C(C)O[Si](C)(C)C(C)(C)C)C(C)(C)C)c2)nc(NC2CCOCC2)c1C=O. The van der Waals surface area contributed by atoms with Crippen molar-refractivity contribution in [3.8, 4) is 28.4 Å². The standard InChI is InChI=1S/C34H50N4O5Si/c1-21-28(22(2)42-38-21)29-27(20-39)32(35-25-15-17-40-18-16-25)37-31(36-29)24-13-12-14-26(19-24)41-30(33(4,5)6)23(3)43-44(10,11)34(7,8)9/h12-14,19-20,23,25,30H,15-18H2,1-11H3,(H,35,36,37). The van der Waals surface area contributed by atoms with Crippen LogP contribution in [-0.2, 0) is 9.16 Å². The number of rotatable bonds is 10. The highest BCUT2D eigenvalue weighted by Crippen LogP contribution is 2.40. The van der Waals surface area contributed by atoms with Crippen LogP contribution in [0.15, 0.2) is 28.8 Å². The van der Waals surface area contributed by atoms with Crippen molar-refractivity contribution in [2.24, 2.45) is 5.41 Å². The largest absolute Gasteiger partial charge is 0.487 e. The Hall–Kier alpha value is -3.08. The van der Waals surface area contributed by atoms with E-state index in [0.29, 0.717) is 58.9 Å². The van der Waals surface area contributed by atoms with Gasteiger partial charge in [0.05, 0.1) is 28.6 Å². The van der Waals surface area contributed by atoms with Crippen molar-refractivity contribution < 1.29 is 23.2 Å². The fourth-order valence-electron chi connectivity index (χ4n) is 5.40. The molecule has 1 fully saturated rings. The molecule has 2 aromatic heterocycles. The molecule has 1 aromatic carbocycles. The number of aromatic nitrogens is 3. The van der Waals surface area contributed by atoms with E-state index in [4.69, 9.17) is 28.4 Å². The minimum Gasteiger partial charge on any atom is -0.487 e. The van der Waals surface area contributed by atoms with Crippen LogP contribution in [0.2, 0.25) is 18.1 Å². The summed E-state index contributed by atoms with van der Waals surface area (Å²) in [6, 6.07) is 7.95. The van der Waals surface area contributed by atoms with Crippen LogP contribution in [0.4, 0.5) is 5.82 Å². The molecule has 2 atom stereocenters. The number of aryl methyl sites for hydroxylation is 2. The number of ether oxygens (including phenoxy) is 2. The van der Waals surface area contributed by atoms with Gasteiger partial charge in [0.25, 0.3) is 0 Å². The number of aldehydes is 1. The fraction of sp³-hybridized carbons (Fsp3) is 0.588. The van der Waals surface area contributed by atoms with Crippen molar-refractivity contribution in [1.82, 2.24) is 15.1 Å². The van der Waals surface area contributed by atoms with Crippen LogP contribution >= 0.6 is 0 Å². The first-order valence-corrected chi connectivity index (χ1v) is 18.5. The van der Waals surface area contributed by atoms with Gasteiger partial charge in [-0.1, -0.05) is 58.8 Å². The van der Waals surface area contributed by atoms with Gasteiger partial charge >= 0.3 is 0 Å². The molecule has 0 aliphatic carbocycles. The second kappa shape index (κ2) is 13.1. The summed E-state index contributed by atoms with van der Waals surface area (Å²) >= 11 is 0. The zero-order valence-electron chi connectivity index (χ0n) is 28.3. The minimum atomic E-state index is -2.02. The van der Waals surface area contributed by atoms with Gasteiger partial charge in [-0.15, -0.1) is 0 Å². The maximum atomic E-state index is 12.5. The maximum absolute atomic E-state index is 12.5. The van der Waals surface area contributed by atoms with Crippen LogP contribution in [0.5, 0.6) is 5.75 Å². The molecule has 0 saturated carbocycles. The fourth-order valence-corrected chi connectivity index (χ4v) is 6.81. The number of anilines is 1. The monoisotopic (exact) mass is 622 g/mol.